The van der Waals surface area contributed by atoms with E-state index in [-0.39, 0.29) is 5.60 Å². The van der Waals surface area contributed by atoms with Crippen LogP contribution >= 0.6 is 0 Å². The van der Waals surface area contributed by atoms with E-state index in [1.54, 1.807) is 0 Å². The number of carbonyl (C=O) groups is 1. The Bertz CT molecular complexity index is 276. The minimum atomic E-state index is -0.200. The van der Waals surface area contributed by atoms with E-state index in [0.29, 0.717) is 17.8 Å². The van der Waals surface area contributed by atoms with Crippen LogP contribution in [0.4, 0.5) is 0 Å². The Morgan fingerprint density at radius 3 is 2.69 bits per heavy atom. The summed E-state index contributed by atoms with van der Waals surface area (Å²) in [6.07, 6.45) is 7.36. The molecule has 2 rings (SSSR count). The smallest absolute Gasteiger partial charge is 0.293 e. The molecule has 2 saturated carbocycles. The lowest BCUT2D eigenvalue weighted by Gasteiger charge is -2.54. The van der Waals surface area contributed by atoms with Crippen LogP contribution in [0.1, 0.15) is 59.3 Å². The summed E-state index contributed by atoms with van der Waals surface area (Å²) in [6, 6.07) is 0. The molecule has 0 aromatic carbocycles. The van der Waals surface area contributed by atoms with Gasteiger partial charge >= 0.3 is 0 Å². The minimum Gasteiger partial charge on any atom is -0.461 e. The van der Waals surface area contributed by atoms with Crippen LogP contribution < -0.4 is 0 Å². The molecule has 2 fully saturated rings. The number of ether oxygens (including phenoxy) is 1. The van der Waals surface area contributed by atoms with E-state index in [1.165, 1.54) is 32.1 Å². The molecule has 0 bridgehead atoms. The third-order valence-electron chi connectivity index (χ3n) is 5.08. The summed E-state index contributed by atoms with van der Waals surface area (Å²) in [5.41, 5.74) is 0.197. The molecule has 2 nitrogen and oxygen atoms in total. The topological polar surface area (TPSA) is 26.3 Å². The highest BCUT2D eigenvalue weighted by molar-refractivity contribution is 5.38. The van der Waals surface area contributed by atoms with Gasteiger partial charge in [0, 0.05) is 5.92 Å². The summed E-state index contributed by atoms with van der Waals surface area (Å²) in [4.78, 5) is 10.7. The lowest BCUT2D eigenvalue weighted by Crippen LogP contribution is -2.52. The van der Waals surface area contributed by atoms with Gasteiger partial charge in [0.2, 0.25) is 0 Å². The standard InChI is InChI=1S/C14H24O2/c1-11-5-6-12-13(2,9-11)7-4-8-14(12,3)16-10-15/h10-12H,4-9H2,1-3H3. The van der Waals surface area contributed by atoms with E-state index >= 15 is 0 Å². The van der Waals surface area contributed by atoms with Crippen LogP contribution in [0.5, 0.6) is 0 Å². The molecule has 2 heteroatoms. The Morgan fingerprint density at radius 2 is 2.00 bits per heavy atom. The van der Waals surface area contributed by atoms with Crippen molar-refractivity contribution >= 4 is 6.47 Å². The molecule has 0 amide bonds. The fourth-order valence-electron chi connectivity index (χ4n) is 4.43. The molecule has 0 heterocycles. The van der Waals surface area contributed by atoms with Gasteiger partial charge in [-0.1, -0.05) is 20.3 Å². The fraction of sp³-hybridized carbons (Fsp3) is 0.929. The summed E-state index contributed by atoms with van der Waals surface area (Å²) >= 11 is 0. The molecule has 2 aliphatic rings. The predicted octanol–water partition coefficient (Wildman–Crippen LogP) is 3.54. The number of hydrogen-bond donors (Lipinski definition) is 0. The van der Waals surface area contributed by atoms with Crippen LogP contribution in [0.15, 0.2) is 0 Å². The zero-order valence-electron chi connectivity index (χ0n) is 10.8. The first-order chi connectivity index (χ1) is 7.50. The summed E-state index contributed by atoms with van der Waals surface area (Å²) in [7, 11) is 0. The third-order valence-corrected chi connectivity index (χ3v) is 5.08. The summed E-state index contributed by atoms with van der Waals surface area (Å²) in [5.74, 6) is 1.40. The average molecular weight is 224 g/mol. The van der Waals surface area contributed by atoms with Gasteiger partial charge in [-0.15, -0.1) is 0 Å². The highest BCUT2D eigenvalue weighted by Crippen LogP contribution is 2.56. The molecule has 0 aliphatic heterocycles. The number of carbonyl (C=O) groups excluding carboxylic acids is 1. The predicted molar refractivity (Wildman–Crippen MR) is 64.0 cm³/mol. The Hall–Kier alpha value is -0.530. The van der Waals surface area contributed by atoms with Crippen LogP contribution in [0.2, 0.25) is 0 Å². The van der Waals surface area contributed by atoms with Crippen molar-refractivity contribution in [2.24, 2.45) is 17.3 Å². The number of hydrogen-bond acceptors (Lipinski definition) is 2. The van der Waals surface area contributed by atoms with Gasteiger partial charge in [-0.25, -0.2) is 0 Å². The minimum absolute atomic E-state index is 0.200. The van der Waals surface area contributed by atoms with Crippen molar-refractivity contribution in [1.29, 1.82) is 0 Å². The normalized spacial score (nSPS) is 48.2. The van der Waals surface area contributed by atoms with Crippen molar-refractivity contribution in [3.8, 4) is 0 Å². The van der Waals surface area contributed by atoms with E-state index in [1.807, 2.05) is 0 Å². The van der Waals surface area contributed by atoms with Gasteiger partial charge in [0.15, 0.2) is 0 Å². The second-order valence-electron chi connectivity index (χ2n) is 6.47. The van der Waals surface area contributed by atoms with Gasteiger partial charge in [-0.05, 0) is 50.4 Å². The molecule has 0 aromatic rings. The lowest BCUT2D eigenvalue weighted by molar-refractivity contribution is -0.170. The van der Waals surface area contributed by atoms with Gasteiger partial charge < -0.3 is 4.74 Å². The van der Waals surface area contributed by atoms with Gasteiger partial charge in [0.25, 0.3) is 6.47 Å². The van der Waals surface area contributed by atoms with Gasteiger partial charge in [-0.2, -0.15) is 0 Å². The maximum atomic E-state index is 10.7. The van der Waals surface area contributed by atoms with Crippen LogP contribution in [-0.2, 0) is 9.53 Å². The Labute approximate surface area is 98.7 Å². The van der Waals surface area contributed by atoms with Crippen molar-refractivity contribution in [2.45, 2.75) is 64.9 Å². The quantitative estimate of drug-likeness (QED) is 0.671. The van der Waals surface area contributed by atoms with Crippen molar-refractivity contribution in [1.82, 2.24) is 0 Å². The maximum absolute atomic E-state index is 10.7. The molecular formula is C14H24O2. The van der Waals surface area contributed by atoms with E-state index in [2.05, 4.69) is 20.8 Å². The van der Waals surface area contributed by atoms with Crippen LogP contribution in [0, 0.1) is 17.3 Å². The van der Waals surface area contributed by atoms with E-state index in [9.17, 15) is 4.79 Å². The van der Waals surface area contributed by atoms with Gasteiger partial charge in [0.1, 0.15) is 5.60 Å². The second kappa shape index (κ2) is 4.05. The molecule has 0 N–H and O–H groups in total. The van der Waals surface area contributed by atoms with E-state index in [0.717, 1.165) is 12.3 Å². The van der Waals surface area contributed by atoms with E-state index in [4.69, 9.17) is 4.74 Å². The van der Waals surface area contributed by atoms with Crippen LogP contribution in [0.3, 0.4) is 0 Å². The summed E-state index contributed by atoms with van der Waals surface area (Å²) in [6.45, 7) is 7.55. The molecule has 92 valence electrons. The Balaban J connectivity index is 2.22. The fourth-order valence-corrected chi connectivity index (χ4v) is 4.43. The average Bonchev–Trinajstić information content (AvgIpc) is 2.16. The third kappa shape index (κ3) is 1.87. The first kappa shape index (κ1) is 11.9. The Morgan fingerprint density at radius 1 is 1.25 bits per heavy atom. The van der Waals surface area contributed by atoms with Crippen molar-refractivity contribution < 1.29 is 9.53 Å². The monoisotopic (exact) mass is 224 g/mol. The molecular weight excluding hydrogens is 200 g/mol. The number of fused-ring (bicyclic) bond motifs is 1. The largest absolute Gasteiger partial charge is 0.461 e. The van der Waals surface area contributed by atoms with Crippen LogP contribution in [0.25, 0.3) is 0 Å². The second-order valence-corrected chi connectivity index (χ2v) is 6.47. The molecule has 0 aromatic heterocycles. The van der Waals surface area contributed by atoms with Crippen molar-refractivity contribution in [3.05, 3.63) is 0 Å². The highest BCUT2D eigenvalue weighted by atomic mass is 16.5. The molecule has 2 aliphatic carbocycles. The van der Waals surface area contributed by atoms with Gasteiger partial charge in [0.05, 0.1) is 0 Å². The zero-order valence-corrected chi connectivity index (χ0v) is 10.8. The Kier molecular flexibility index (Phi) is 3.02. The lowest BCUT2D eigenvalue weighted by atomic mass is 9.53. The summed E-state index contributed by atoms with van der Waals surface area (Å²) in [5, 5.41) is 0. The summed E-state index contributed by atoms with van der Waals surface area (Å²) < 4.78 is 5.46. The molecule has 16 heavy (non-hydrogen) atoms. The first-order valence-electron chi connectivity index (χ1n) is 6.62. The zero-order chi connectivity index (χ0) is 11.8. The van der Waals surface area contributed by atoms with Gasteiger partial charge in [-0.3, -0.25) is 4.79 Å². The van der Waals surface area contributed by atoms with Crippen molar-refractivity contribution in [2.75, 3.05) is 0 Å². The molecule has 0 spiro atoms. The van der Waals surface area contributed by atoms with Crippen LogP contribution in [-0.4, -0.2) is 12.1 Å². The number of rotatable bonds is 2. The van der Waals surface area contributed by atoms with E-state index < -0.39 is 0 Å². The maximum Gasteiger partial charge on any atom is 0.293 e. The SMILES string of the molecule is CC1CCC2C(C)(CCCC2(C)OC=O)C1. The highest BCUT2D eigenvalue weighted by Gasteiger charge is 2.52. The molecule has 4 unspecified atom stereocenters. The molecule has 0 radical (unpaired) electrons. The first-order valence-corrected chi connectivity index (χ1v) is 6.62. The molecule has 4 atom stereocenters. The molecule has 0 saturated heterocycles. The van der Waals surface area contributed by atoms with Crippen molar-refractivity contribution in [3.63, 3.8) is 0 Å².